The summed E-state index contributed by atoms with van der Waals surface area (Å²) < 4.78 is 34.5. The van der Waals surface area contributed by atoms with Crippen LogP contribution in [0.25, 0.3) is 0 Å². The van der Waals surface area contributed by atoms with Crippen LogP contribution in [0, 0.1) is 0 Å². The summed E-state index contributed by atoms with van der Waals surface area (Å²) in [5, 5.41) is 2.49. The quantitative estimate of drug-likeness (QED) is 0.683. The van der Waals surface area contributed by atoms with Crippen LogP contribution in [0.15, 0.2) is 0 Å². The lowest BCUT2D eigenvalue weighted by atomic mass is 10.2. The van der Waals surface area contributed by atoms with Gasteiger partial charge in [0.2, 0.25) is 0 Å². The molecule has 0 amide bonds. The lowest BCUT2D eigenvalue weighted by Gasteiger charge is -2.04. The van der Waals surface area contributed by atoms with Gasteiger partial charge in [-0.2, -0.15) is 13.2 Å². The first-order valence-corrected chi connectivity index (χ1v) is 3.19. The van der Waals surface area contributed by atoms with Crippen molar-refractivity contribution in [3.05, 3.63) is 0 Å². The Morgan fingerprint density at radius 2 is 2.00 bits per heavy atom. The standard InChI is InChI=1S/C6H10F3NO/c1-10-4-5(11)2-3-6(7,8)9/h10H,2-4H2,1H3. The molecule has 0 heterocycles. The molecular weight excluding hydrogens is 159 g/mol. The minimum absolute atomic E-state index is 0.01000. The molecule has 2 nitrogen and oxygen atoms in total. The Bertz CT molecular complexity index is 132. The first kappa shape index (κ1) is 10.4. The Labute approximate surface area is 62.8 Å². The monoisotopic (exact) mass is 169 g/mol. The Morgan fingerprint density at radius 3 is 2.36 bits per heavy atom. The van der Waals surface area contributed by atoms with Crippen molar-refractivity contribution in [1.29, 1.82) is 0 Å². The van der Waals surface area contributed by atoms with Crippen molar-refractivity contribution < 1.29 is 18.0 Å². The largest absolute Gasteiger partial charge is 0.389 e. The maximum atomic E-state index is 11.5. The van der Waals surface area contributed by atoms with E-state index in [0.717, 1.165) is 0 Å². The van der Waals surface area contributed by atoms with Gasteiger partial charge in [-0.3, -0.25) is 4.79 Å². The van der Waals surface area contributed by atoms with Gasteiger partial charge in [0, 0.05) is 6.42 Å². The maximum absolute atomic E-state index is 11.5. The molecule has 0 saturated carbocycles. The van der Waals surface area contributed by atoms with Gasteiger partial charge < -0.3 is 5.32 Å². The summed E-state index contributed by atoms with van der Waals surface area (Å²) in [4.78, 5) is 10.5. The van der Waals surface area contributed by atoms with Gasteiger partial charge in [-0.1, -0.05) is 0 Å². The number of alkyl halides is 3. The third-order valence-corrected chi connectivity index (χ3v) is 1.06. The smallest absolute Gasteiger partial charge is 0.313 e. The topological polar surface area (TPSA) is 29.1 Å². The van der Waals surface area contributed by atoms with Gasteiger partial charge in [-0.25, -0.2) is 0 Å². The maximum Gasteiger partial charge on any atom is 0.389 e. The first-order chi connectivity index (χ1) is 4.95. The lowest BCUT2D eigenvalue weighted by Crippen LogP contribution is -2.20. The third-order valence-electron chi connectivity index (χ3n) is 1.06. The van der Waals surface area contributed by atoms with E-state index in [9.17, 15) is 18.0 Å². The van der Waals surface area contributed by atoms with Gasteiger partial charge >= 0.3 is 6.18 Å². The molecule has 0 spiro atoms. The molecule has 0 aliphatic heterocycles. The summed E-state index contributed by atoms with van der Waals surface area (Å²) in [7, 11) is 1.52. The molecule has 0 radical (unpaired) electrons. The van der Waals surface area contributed by atoms with Crippen LogP contribution in [-0.2, 0) is 4.79 Å². The number of halogens is 3. The van der Waals surface area contributed by atoms with Crippen LogP contribution in [0.5, 0.6) is 0 Å². The highest BCUT2D eigenvalue weighted by atomic mass is 19.4. The summed E-state index contributed by atoms with van der Waals surface area (Å²) in [6, 6.07) is 0. The van der Waals surface area contributed by atoms with E-state index in [1.807, 2.05) is 0 Å². The number of rotatable bonds is 4. The van der Waals surface area contributed by atoms with Crippen LogP contribution < -0.4 is 5.32 Å². The molecule has 0 fully saturated rings. The Hall–Kier alpha value is -0.580. The van der Waals surface area contributed by atoms with Crippen LogP contribution in [0.2, 0.25) is 0 Å². The summed E-state index contributed by atoms with van der Waals surface area (Å²) in [5.74, 6) is -0.412. The van der Waals surface area contributed by atoms with E-state index >= 15 is 0 Å². The Morgan fingerprint density at radius 1 is 1.45 bits per heavy atom. The molecule has 66 valence electrons. The molecule has 0 unspecified atom stereocenters. The second-order valence-corrected chi connectivity index (χ2v) is 2.18. The number of hydrogen-bond donors (Lipinski definition) is 1. The van der Waals surface area contributed by atoms with Crippen molar-refractivity contribution in [2.75, 3.05) is 13.6 Å². The van der Waals surface area contributed by atoms with E-state index in [-0.39, 0.29) is 6.54 Å². The number of likely N-dealkylation sites (N-methyl/N-ethyl adjacent to an activating group) is 1. The molecule has 0 aliphatic carbocycles. The first-order valence-electron chi connectivity index (χ1n) is 3.19. The fraction of sp³-hybridized carbons (Fsp3) is 0.833. The summed E-state index contributed by atoms with van der Waals surface area (Å²) in [5.41, 5.74) is 0. The van der Waals surface area contributed by atoms with Crippen molar-refractivity contribution in [2.24, 2.45) is 0 Å². The summed E-state index contributed by atoms with van der Waals surface area (Å²) in [6.07, 6.45) is -5.67. The molecule has 0 aromatic carbocycles. The molecule has 0 saturated heterocycles. The number of carbonyl (C=O) groups is 1. The predicted molar refractivity (Wildman–Crippen MR) is 34.2 cm³/mol. The molecule has 0 aromatic heterocycles. The predicted octanol–water partition coefficient (Wildman–Crippen LogP) is 1.12. The molecule has 5 heteroatoms. The van der Waals surface area contributed by atoms with Crippen molar-refractivity contribution in [2.45, 2.75) is 19.0 Å². The fourth-order valence-corrected chi connectivity index (χ4v) is 0.567. The van der Waals surface area contributed by atoms with Crippen LogP contribution in [0.3, 0.4) is 0 Å². The van der Waals surface area contributed by atoms with Crippen molar-refractivity contribution >= 4 is 5.78 Å². The molecule has 11 heavy (non-hydrogen) atoms. The highest BCUT2D eigenvalue weighted by Crippen LogP contribution is 2.20. The highest BCUT2D eigenvalue weighted by Gasteiger charge is 2.27. The van der Waals surface area contributed by atoms with Gasteiger partial charge in [0.15, 0.2) is 0 Å². The minimum Gasteiger partial charge on any atom is -0.313 e. The molecule has 0 aromatic rings. The van der Waals surface area contributed by atoms with Gasteiger partial charge in [-0.15, -0.1) is 0 Å². The Balaban J connectivity index is 3.46. The van der Waals surface area contributed by atoms with Crippen LogP contribution >= 0.6 is 0 Å². The molecule has 0 aliphatic rings. The highest BCUT2D eigenvalue weighted by molar-refractivity contribution is 5.80. The average Bonchev–Trinajstić information content (AvgIpc) is 1.83. The number of carbonyl (C=O) groups excluding carboxylic acids is 1. The zero-order valence-corrected chi connectivity index (χ0v) is 6.16. The number of nitrogens with one attached hydrogen (secondary N) is 1. The van der Waals surface area contributed by atoms with Gasteiger partial charge in [0.1, 0.15) is 5.78 Å². The zero-order chi connectivity index (χ0) is 8.91. The minimum atomic E-state index is -4.22. The molecule has 1 N–H and O–H groups in total. The number of ketones is 1. The second kappa shape index (κ2) is 4.33. The van der Waals surface area contributed by atoms with Crippen molar-refractivity contribution in [3.63, 3.8) is 0 Å². The van der Waals surface area contributed by atoms with Crippen LogP contribution in [0.4, 0.5) is 13.2 Å². The normalized spacial score (nSPS) is 11.6. The molecule has 0 atom stereocenters. The number of Topliss-reactive ketones (excluding diaryl/α,β-unsaturated/α-hetero) is 1. The SMILES string of the molecule is CNCC(=O)CCC(F)(F)F. The number of hydrogen-bond acceptors (Lipinski definition) is 2. The summed E-state index contributed by atoms with van der Waals surface area (Å²) in [6.45, 7) is 0.01000. The van der Waals surface area contributed by atoms with E-state index in [4.69, 9.17) is 0 Å². The van der Waals surface area contributed by atoms with Crippen LogP contribution in [0.1, 0.15) is 12.8 Å². The fourth-order valence-electron chi connectivity index (χ4n) is 0.567. The Kier molecular flexibility index (Phi) is 4.10. The van der Waals surface area contributed by atoms with E-state index in [1.165, 1.54) is 7.05 Å². The molecule has 0 rings (SSSR count). The van der Waals surface area contributed by atoms with Gasteiger partial charge in [0.25, 0.3) is 0 Å². The van der Waals surface area contributed by atoms with E-state index in [0.29, 0.717) is 0 Å². The van der Waals surface area contributed by atoms with Crippen molar-refractivity contribution in [3.8, 4) is 0 Å². The average molecular weight is 169 g/mol. The molecule has 0 bridgehead atoms. The third kappa shape index (κ3) is 7.32. The molecular formula is C6H10F3NO. The van der Waals surface area contributed by atoms with E-state index < -0.39 is 24.8 Å². The summed E-state index contributed by atoms with van der Waals surface area (Å²) >= 11 is 0. The van der Waals surface area contributed by atoms with Crippen LogP contribution in [-0.4, -0.2) is 25.6 Å². The van der Waals surface area contributed by atoms with E-state index in [1.54, 1.807) is 0 Å². The van der Waals surface area contributed by atoms with E-state index in [2.05, 4.69) is 5.32 Å². The van der Waals surface area contributed by atoms with Gasteiger partial charge in [0.05, 0.1) is 13.0 Å². The lowest BCUT2D eigenvalue weighted by molar-refractivity contribution is -0.142. The second-order valence-electron chi connectivity index (χ2n) is 2.18. The van der Waals surface area contributed by atoms with Crippen molar-refractivity contribution in [1.82, 2.24) is 5.32 Å². The zero-order valence-electron chi connectivity index (χ0n) is 6.16. The van der Waals surface area contributed by atoms with Gasteiger partial charge in [-0.05, 0) is 7.05 Å².